The highest BCUT2D eigenvalue weighted by atomic mass is 32.2. The van der Waals surface area contributed by atoms with E-state index in [9.17, 15) is 4.79 Å². The third-order valence-corrected chi connectivity index (χ3v) is 3.17. The Morgan fingerprint density at radius 1 is 0.947 bits per heavy atom. The van der Waals surface area contributed by atoms with Crippen molar-refractivity contribution in [2.45, 2.75) is 26.2 Å². The fraction of sp³-hybridized carbons (Fsp3) is 0.923. The maximum atomic E-state index is 10.2. The number of ether oxygens (including phenoxy) is 3. The number of unbranched alkanes of at least 4 members (excludes halogenated alkanes) is 1. The molecule has 0 unspecified atom stereocenters. The number of hydrogen-bond donors (Lipinski definition) is 1. The molecule has 19 heavy (non-hydrogen) atoms. The van der Waals surface area contributed by atoms with Gasteiger partial charge in [0.25, 0.3) is 0 Å². The van der Waals surface area contributed by atoms with Crippen molar-refractivity contribution in [3.63, 3.8) is 0 Å². The Labute approximate surface area is 120 Å². The van der Waals surface area contributed by atoms with Crippen LogP contribution in [0.25, 0.3) is 0 Å². The predicted octanol–water partition coefficient (Wildman–Crippen LogP) is 2.04. The van der Waals surface area contributed by atoms with E-state index in [0.717, 1.165) is 25.2 Å². The summed E-state index contributed by atoms with van der Waals surface area (Å²) in [6, 6.07) is 0. The van der Waals surface area contributed by atoms with Crippen molar-refractivity contribution in [1.29, 1.82) is 0 Å². The summed E-state index contributed by atoms with van der Waals surface area (Å²) in [5, 5.41) is 8.43. The van der Waals surface area contributed by atoms with Crippen molar-refractivity contribution in [3.05, 3.63) is 0 Å². The molecular weight excluding hydrogens is 268 g/mol. The molecule has 1 N–H and O–H groups in total. The second-order valence-corrected chi connectivity index (χ2v) is 5.17. The molecule has 0 amide bonds. The molecule has 0 rings (SSSR count). The lowest BCUT2D eigenvalue weighted by Gasteiger charge is -2.06. The van der Waals surface area contributed by atoms with Crippen LogP contribution in [0.4, 0.5) is 0 Å². The SMILES string of the molecule is CCCCOCCOCCOCCSCCC(=O)O. The number of carboxylic acid groups (broad SMARTS) is 1. The fourth-order valence-electron chi connectivity index (χ4n) is 1.17. The van der Waals surface area contributed by atoms with Gasteiger partial charge in [0.2, 0.25) is 0 Å². The molecule has 0 heterocycles. The first-order valence-corrected chi connectivity index (χ1v) is 7.95. The van der Waals surface area contributed by atoms with E-state index < -0.39 is 5.97 Å². The van der Waals surface area contributed by atoms with Gasteiger partial charge < -0.3 is 19.3 Å². The van der Waals surface area contributed by atoms with E-state index in [0.29, 0.717) is 38.8 Å². The summed E-state index contributed by atoms with van der Waals surface area (Å²) in [7, 11) is 0. The highest BCUT2D eigenvalue weighted by molar-refractivity contribution is 7.99. The monoisotopic (exact) mass is 294 g/mol. The number of rotatable bonds is 15. The van der Waals surface area contributed by atoms with E-state index in [1.807, 2.05) is 0 Å². The van der Waals surface area contributed by atoms with E-state index in [-0.39, 0.29) is 6.42 Å². The first-order chi connectivity index (χ1) is 9.27. The number of carbonyl (C=O) groups is 1. The third-order valence-electron chi connectivity index (χ3n) is 2.22. The number of hydrogen-bond acceptors (Lipinski definition) is 5. The first-order valence-electron chi connectivity index (χ1n) is 6.80. The molecule has 0 aromatic heterocycles. The predicted molar refractivity (Wildman–Crippen MR) is 76.9 cm³/mol. The topological polar surface area (TPSA) is 65.0 Å². The third kappa shape index (κ3) is 17.7. The summed E-state index contributed by atoms with van der Waals surface area (Å²) in [6.45, 7) is 6.00. The second kappa shape index (κ2) is 15.8. The quantitative estimate of drug-likeness (QED) is 0.466. The van der Waals surface area contributed by atoms with Crippen molar-refractivity contribution in [2.75, 3.05) is 51.1 Å². The largest absolute Gasteiger partial charge is 0.481 e. The maximum Gasteiger partial charge on any atom is 0.304 e. The summed E-state index contributed by atoms with van der Waals surface area (Å²) < 4.78 is 16.0. The molecule has 0 atom stereocenters. The van der Waals surface area contributed by atoms with Crippen LogP contribution in [-0.4, -0.2) is 62.2 Å². The van der Waals surface area contributed by atoms with E-state index in [1.165, 1.54) is 0 Å². The van der Waals surface area contributed by atoms with Crippen molar-refractivity contribution in [3.8, 4) is 0 Å². The van der Waals surface area contributed by atoms with Gasteiger partial charge in [-0.3, -0.25) is 4.79 Å². The number of aliphatic carboxylic acids is 1. The zero-order chi connectivity index (χ0) is 14.2. The summed E-state index contributed by atoms with van der Waals surface area (Å²) >= 11 is 1.59. The van der Waals surface area contributed by atoms with Crippen molar-refractivity contribution in [2.24, 2.45) is 0 Å². The average Bonchev–Trinajstić information content (AvgIpc) is 2.39. The Hall–Kier alpha value is -0.300. The van der Waals surface area contributed by atoms with E-state index in [1.54, 1.807) is 11.8 Å². The van der Waals surface area contributed by atoms with Gasteiger partial charge in [-0.25, -0.2) is 0 Å². The van der Waals surface area contributed by atoms with Crippen LogP contribution < -0.4 is 0 Å². The molecule has 0 fully saturated rings. The minimum absolute atomic E-state index is 0.214. The van der Waals surface area contributed by atoms with Crippen LogP contribution in [0, 0.1) is 0 Å². The van der Waals surface area contributed by atoms with Gasteiger partial charge >= 0.3 is 5.97 Å². The highest BCUT2D eigenvalue weighted by Crippen LogP contribution is 2.01. The van der Waals surface area contributed by atoms with Crippen LogP contribution in [-0.2, 0) is 19.0 Å². The number of carboxylic acids is 1. The van der Waals surface area contributed by atoms with Crippen LogP contribution in [0.5, 0.6) is 0 Å². The Morgan fingerprint density at radius 2 is 1.53 bits per heavy atom. The summed E-state index contributed by atoms with van der Waals surface area (Å²) in [4.78, 5) is 10.2. The standard InChI is InChI=1S/C13H26O5S/c1-2-3-5-16-6-7-17-8-9-18-10-12-19-11-4-13(14)15/h2-12H2,1H3,(H,14,15). The van der Waals surface area contributed by atoms with Crippen molar-refractivity contribution < 1.29 is 24.1 Å². The molecule has 0 saturated heterocycles. The van der Waals surface area contributed by atoms with Gasteiger partial charge in [-0.1, -0.05) is 13.3 Å². The van der Waals surface area contributed by atoms with Crippen LogP contribution in [0.2, 0.25) is 0 Å². The van der Waals surface area contributed by atoms with Gasteiger partial charge in [0.1, 0.15) is 0 Å². The molecule has 0 aliphatic heterocycles. The lowest BCUT2D eigenvalue weighted by Crippen LogP contribution is -2.10. The molecular formula is C13H26O5S. The normalized spacial score (nSPS) is 10.8. The fourth-order valence-corrected chi connectivity index (χ4v) is 1.93. The van der Waals surface area contributed by atoms with Gasteiger partial charge in [0, 0.05) is 18.1 Å². The van der Waals surface area contributed by atoms with Crippen LogP contribution in [0.1, 0.15) is 26.2 Å². The van der Waals surface area contributed by atoms with Crippen LogP contribution >= 0.6 is 11.8 Å². The Kier molecular flexibility index (Phi) is 15.5. The van der Waals surface area contributed by atoms with Gasteiger partial charge in [-0.05, 0) is 6.42 Å². The van der Waals surface area contributed by atoms with Crippen molar-refractivity contribution >= 4 is 17.7 Å². The molecule has 0 aliphatic rings. The molecule has 0 saturated carbocycles. The Balaban J connectivity index is 2.93. The minimum atomic E-state index is -0.747. The molecule has 0 aliphatic carbocycles. The van der Waals surface area contributed by atoms with Crippen LogP contribution in [0.15, 0.2) is 0 Å². The first kappa shape index (κ1) is 18.7. The molecule has 6 heteroatoms. The molecule has 114 valence electrons. The zero-order valence-corrected chi connectivity index (χ0v) is 12.6. The zero-order valence-electron chi connectivity index (χ0n) is 11.8. The Bertz CT molecular complexity index is 201. The minimum Gasteiger partial charge on any atom is -0.481 e. The molecule has 0 bridgehead atoms. The smallest absolute Gasteiger partial charge is 0.304 e. The Morgan fingerprint density at radius 3 is 2.11 bits per heavy atom. The van der Waals surface area contributed by atoms with Gasteiger partial charge in [-0.2, -0.15) is 11.8 Å². The molecule has 0 spiro atoms. The van der Waals surface area contributed by atoms with E-state index >= 15 is 0 Å². The van der Waals surface area contributed by atoms with Gasteiger partial charge in [0.05, 0.1) is 39.5 Å². The molecule has 0 radical (unpaired) electrons. The summed E-state index contributed by atoms with van der Waals surface area (Å²) in [6.07, 6.45) is 2.47. The van der Waals surface area contributed by atoms with Crippen molar-refractivity contribution in [1.82, 2.24) is 0 Å². The van der Waals surface area contributed by atoms with E-state index in [2.05, 4.69) is 6.92 Å². The molecule has 5 nitrogen and oxygen atoms in total. The lowest BCUT2D eigenvalue weighted by molar-refractivity contribution is -0.136. The van der Waals surface area contributed by atoms with E-state index in [4.69, 9.17) is 19.3 Å². The van der Waals surface area contributed by atoms with Crippen LogP contribution in [0.3, 0.4) is 0 Å². The molecule has 0 aromatic carbocycles. The van der Waals surface area contributed by atoms with Gasteiger partial charge in [-0.15, -0.1) is 0 Å². The number of thioether (sulfide) groups is 1. The maximum absolute atomic E-state index is 10.2. The lowest BCUT2D eigenvalue weighted by atomic mass is 10.4. The molecule has 0 aromatic rings. The summed E-state index contributed by atoms with van der Waals surface area (Å²) in [5.74, 6) is 0.723. The second-order valence-electron chi connectivity index (χ2n) is 3.95. The average molecular weight is 294 g/mol. The highest BCUT2D eigenvalue weighted by Gasteiger charge is 1.96. The van der Waals surface area contributed by atoms with Gasteiger partial charge in [0.15, 0.2) is 0 Å². The summed E-state index contributed by atoms with van der Waals surface area (Å²) in [5.41, 5.74) is 0.